The van der Waals surface area contributed by atoms with Crippen molar-refractivity contribution < 1.29 is 14.4 Å². The average molecular weight is 663 g/mol. The maximum atomic E-state index is 13.8. The summed E-state index contributed by atoms with van der Waals surface area (Å²) in [5.41, 5.74) is 11.1. The van der Waals surface area contributed by atoms with Gasteiger partial charge in [-0.15, -0.1) is 0 Å². The van der Waals surface area contributed by atoms with Gasteiger partial charge in [-0.1, -0.05) is 70.7 Å². The quantitative estimate of drug-likeness (QED) is 0.339. The van der Waals surface area contributed by atoms with Gasteiger partial charge in [-0.05, 0) is 73.6 Å². The highest BCUT2D eigenvalue weighted by molar-refractivity contribution is 6.42. The van der Waals surface area contributed by atoms with Crippen LogP contribution in [-0.4, -0.2) is 77.2 Å². The first-order chi connectivity index (χ1) is 22.0. The second kappa shape index (κ2) is 13.7. The first kappa shape index (κ1) is 32.5. The molecular weight excluding hydrogens is 621 g/mol. The number of nitrogens with zero attached hydrogens (tertiary/aromatic N) is 3. The van der Waals surface area contributed by atoms with Crippen LogP contribution in [0.25, 0.3) is 0 Å². The van der Waals surface area contributed by atoms with E-state index in [9.17, 15) is 14.4 Å². The molecule has 0 radical (unpaired) electrons. The van der Waals surface area contributed by atoms with Gasteiger partial charge in [0, 0.05) is 50.4 Å². The number of hydrogen-bond acceptors (Lipinski definition) is 5. The molecular formula is C36H41Cl2N5O3. The van der Waals surface area contributed by atoms with E-state index in [0.29, 0.717) is 53.2 Å². The van der Waals surface area contributed by atoms with Crippen molar-refractivity contribution in [1.82, 2.24) is 20.0 Å². The van der Waals surface area contributed by atoms with Gasteiger partial charge in [0.05, 0.1) is 29.1 Å². The molecule has 0 spiro atoms. The molecule has 2 saturated heterocycles. The van der Waals surface area contributed by atoms with Crippen molar-refractivity contribution in [3.8, 4) is 0 Å². The SMILES string of the molecule is Cc1cc(C)cc(C(=O)N2CCN(C(=O)CNC3CC4CC3CN4Cc3ccc(CC(N)=O)cc3)[C@H](c3ccc(Cl)c(Cl)c3)C2)c1. The zero-order chi connectivity index (χ0) is 32.5. The molecule has 3 amide bonds. The fourth-order valence-corrected chi connectivity index (χ4v) is 7.87. The Bertz CT molecular complexity index is 1610. The second-order valence-electron chi connectivity index (χ2n) is 13.2. The Hall–Kier alpha value is -3.43. The normalized spacial score (nSPS) is 22.8. The molecule has 2 aliphatic heterocycles. The maximum Gasteiger partial charge on any atom is 0.254 e. The van der Waals surface area contributed by atoms with Crippen LogP contribution in [0.5, 0.6) is 0 Å². The molecule has 10 heteroatoms. The molecule has 0 aromatic heterocycles. The highest BCUT2D eigenvalue weighted by Crippen LogP contribution is 2.39. The van der Waals surface area contributed by atoms with E-state index in [1.165, 1.54) is 5.56 Å². The van der Waals surface area contributed by atoms with Crippen LogP contribution in [0.15, 0.2) is 60.7 Å². The Morgan fingerprint density at radius 2 is 1.59 bits per heavy atom. The number of piperazine rings is 1. The third kappa shape index (κ3) is 7.26. The zero-order valence-corrected chi connectivity index (χ0v) is 27.9. The minimum absolute atomic E-state index is 0.0188. The number of nitrogens with two attached hydrogens (primary N) is 1. The number of primary amides is 1. The predicted molar refractivity (Wildman–Crippen MR) is 181 cm³/mol. The summed E-state index contributed by atoms with van der Waals surface area (Å²) in [6.07, 6.45) is 2.39. The second-order valence-corrected chi connectivity index (χ2v) is 14.0. The van der Waals surface area contributed by atoms with Crippen LogP contribution in [0.3, 0.4) is 0 Å². The topological polar surface area (TPSA) is 99.0 Å². The third-order valence-electron chi connectivity index (χ3n) is 9.74. The Morgan fingerprint density at radius 1 is 0.870 bits per heavy atom. The van der Waals surface area contributed by atoms with Crippen LogP contribution in [0.4, 0.5) is 0 Å². The molecule has 2 heterocycles. The van der Waals surface area contributed by atoms with Gasteiger partial charge in [-0.3, -0.25) is 19.3 Å². The maximum absolute atomic E-state index is 13.8. The minimum Gasteiger partial charge on any atom is -0.369 e. The van der Waals surface area contributed by atoms with Crippen molar-refractivity contribution in [3.05, 3.63) is 104 Å². The number of fused-ring (bicyclic) bond motifs is 2. The Balaban J connectivity index is 1.08. The van der Waals surface area contributed by atoms with Crippen molar-refractivity contribution in [1.29, 1.82) is 0 Å². The standard InChI is InChI=1S/C36H41Cl2N5O3/c1-22-11-23(2)13-27(12-22)36(46)41-9-10-43(33(21-41)26-7-8-30(37)31(38)16-26)35(45)18-40-32-17-29-15-28(32)20-42(29)19-25-5-3-24(4-6-25)14-34(39)44/h3-8,11-13,16,28-29,32-33,40H,9-10,14-15,17-21H2,1-2H3,(H2,39,44)/t28?,29?,32?,33-/m0/s1. The van der Waals surface area contributed by atoms with Gasteiger partial charge >= 0.3 is 0 Å². The van der Waals surface area contributed by atoms with Gasteiger partial charge < -0.3 is 20.9 Å². The molecule has 4 atom stereocenters. The van der Waals surface area contributed by atoms with E-state index in [1.54, 1.807) is 6.07 Å². The van der Waals surface area contributed by atoms with Crippen LogP contribution < -0.4 is 11.1 Å². The van der Waals surface area contributed by atoms with Crippen molar-refractivity contribution >= 4 is 40.9 Å². The lowest BCUT2D eigenvalue weighted by atomic mass is 10.00. The van der Waals surface area contributed by atoms with Crippen LogP contribution in [0.1, 0.15) is 57.1 Å². The van der Waals surface area contributed by atoms with E-state index in [4.69, 9.17) is 28.9 Å². The highest BCUT2D eigenvalue weighted by Gasteiger charge is 2.44. The molecule has 1 saturated carbocycles. The minimum atomic E-state index is -0.336. The number of rotatable bonds is 9. The lowest BCUT2D eigenvalue weighted by Gasteiger charge is -2.42. The summed E-state index contributed by atoms with van der Waals surface area (Å²) in [6, 6.07) is 19.9. The number of likely N-dealkylation sites (tertiary alicyclic amines) is 1. The van der Waals surface area contributed by atoms with E-state index < -0.39 is 0 Å². The van der Waals surface area contributed by atoms with Crippen molar-refractivity contribution in [2.24, 2.45) is 11.7 Å². The first-order valence-corrected chi connectivity index (χ1v) is 16.7. The van der Waals surface area contributed by atoms with Gasteiger partial charge in [0.1, 0.15) is 0 Å². The van der Waals surface area contributed by atoms with Crippen molar-refractivity contribution in [3.63, 3.8) is 0 Å². The lowest BCUT2D eigenvalue weighted by molar-refractivity contribution is -0.135. The molecule has 3 aromatic rings. The van der Waals surface area contributed by atoms with Gasteiger partial charge in [0.2, 0.25) is 11.8 Å². The summed E-state index contributed by atoms with van der Waals surface area (Å²) in [4.78, 5) is 44.8. The van der Waals surface area contributed by atoms with E-state index in [2.05, 4.69) is 28.4 Å². The largest absolute Gasteiger partial charge is 0.369 e. The Morgan fingerprint density at radius 3 is 2.24 bits per heavy atom. The summed E-state index contributed by atoms with van der Waals surface area (Å²) in [6.45, 7) is 7.37. The molecule has 46 heavy (non-hydrogen) atoms. The fraction of sp³-hybridized carbons (Fsp3) is 0.417. The van der Waals surface area contributed by atoms with Gasteiger partial charge in [-0.25, -0.2) is 0 Å². The van der Waals surface area contributed by atoms with Crippen molar-refractivity contribution in [2.75, 3.05) is 32.7 Å². The molecule has 242 valence electrons. The molecule has 3 aliphatic rings. The summed E-state index contributed by atoms with van der Waals surface area (Å²) in [7, 11) is 0. The van der Waals surface area contributed by atoms with Crippen molar-refractivity contribution in [2.45, 2.75) is 57.8 Å². The van der Waals surface area contributed by atoms with Gasteiger partial charge in [-0.2, -0.15) is 0 Å². The molecule has 3 N–H and O–H groups in total. The number of aryl methyl sites for hydroxylation is 2. The molecule has 3 aromatic carbocycles. The molecule has 2 bridgehead atoms. The number of amides is 3. The third-order valence-corrected chi connectivity index (χ3v) is 10.5. The highest BCUT2D eigenvalue weighted by atomic mass is 35.5. The van der Waals surface area contributed by atoms with Crippen LogP contribution in [-0.2, 0) is 22.6 Å². The van der Waals surface area contributed by atoms with Crippen LogP contribution >= 0.6 is 23.2 Å². The summed E-state index contributed by atoms with van der Waals surface area (Å²) >= 11 is 12.6. The monoisotopic (exact) mass is 661 g/mol. The first-order valence-electron chi connectivity index (χ1n) is 16.0. The van der Waals surface area contributed by atoms with E-state index in [1.807, 2.05) is 60.0 Å². The Labute approximate surface area is 280 Å². The number of benzene rings is 3. The molecule has 1 aliphatic carbocycles. The lowest BCUT2D eigenvalue weighted by Crippen LogP contribution is -2.55. The van der Waals surface area contributed by atoms with E-state index in [-0.39, 0.29) is 36.7 Å². The van der Waals surface area contributed by atoms with Crippen LogP contribution in [0, 0.1) is 19.8 Å². The smallest absolute Gasteiger partial charge is 0.254 e. The summed E-state index contributed by atoms with van der Waals surface area (Å²) in [5.74, 6) is 0.155. The fourth-order valence-electron chi connectivity index (χ4n) is 7.56. The number of nitrogens with one attached hydrogen (secondary N) is 1. The Kier molecular flexibility index (Phi) is 9.71. The zero-order valence-electron chi connectivity index (χ0n) is 26.3. The molecule has 3 unspecified atom stereocenters. The predicted octanol–water partition coefficient (Wildman–Crippen LogP) is 4.92. The van der Waals surface area contributed by atoms with Gasteiger partial charge in [0.25, 0.3) is 5.91 Å². The number of halogens is 2. The molecule has 3 fully saturated rings. The molecule has 6 rings (SSSR count). The summed E-state index contributed by atoms with van der Waals surface area (Å²) in [5, 5.41) is 4.48. The number of carbonyl (C=O) groups is 3. The number of piperidine rings is 1. The van der Waals surface area contributed by atoms with Crippen LogP contribution in [0.2, 0.25) is 10.0 Å². The average Bonchev–Trinajstić information content (AvgIpc) is 3.61. The number of hydrogen-bond donors (Lipinski definition) is 2. The van der Waals surface area contributed by atoms with E-state index in [0.717, 1.165) is 48.2 Å². The summed E-state index contributed by atoms with van der Waals surface area (Å²) < 4.78 is 0. The molecule has 8 nitrogen and oxygen atoms in total. The van der Waals surface area contributed by atoms with E-state index >= 15 is 0 Å². The van der Waals surface area contributed by atoms with Gasteiger partial charge in [0.15, 0.2) is 0 Å². The number of carbonyl (C=O) groups excluding carboxylic acids is 3.